The molecule has 0 aromatic carbocycles. The van der Waals surface area contributed by atoms with Crippen molar-refractivity contribution in [3.8, 4) is 0 Å². The van der Waals surface area contributed by atoms with Gasteiger partial charge in [-0.2, -0.15) is 8.42 Å². The van der Waals surface area contributed by atoms with Crippen molar-refractivity contribution in [3.63, 3.8) is 0 Å². The largest absolute Gasteiger partial charge is 0.478 e. The number of nitrogens with one attached hydrogen (secondary N) is 2. The quantitative estimate of drug-likeness (QED) is 0.0729. The number of carbonyl (C=O) groups is 5. The Hall–Kier alpha value is -3.64. The van der Waals surface area contributed by atoms with Crippen molar-refractivity contribution >= 4 is 62.0 Å². The zero-order chi connectivity index (χ0) is 27.1. The van der Waals surface area contributed by atoms with Crippen molar-refractivity contribution in [1.82, 2.24) is 19.9 Å². The molecule has 3 atom stereocenters. The SMILES string of the molecule is Nc1nc(/C(=N/OC2(C(=O)O)CCCC2)C(=O)N[C@@H]2C(=O)N(S(=O)(=O)O)[C@@H]2CC2C(=O)CNC2=O)cs1. The van der Waals surface area contributed by atoms with Crippen molar-refractivity contribution in [2.45, 2.75) is 49.8 Å². The maximum atomic E-state index is 13.2. The van der Waals surface area contributed by atoms with Crippen molar-refractivity contribution in [3.05, 3.63) is 11.1 Å². The van der Waals surface area contributed by atoms with Crippen LogP contribution in [0.15, 0.2) is 10.5 Å². The number of rotatable bonds is 9. The number of aliphatic carboxylic acids is 1. The Morgan fingerprint density at radius 2 is 2.00 bits per heavy atom. The average molecular weight is 559 g/mol. The van der Waals surface area contributed by atoms with Gasteiger partial charge >= 0.3 is 16.3 Å². The smallest absolute Gasteiger partial charge is 0.362 e. The van der Waals surface area contributed by atoms with Crippen LogP contribution in [-0.2, 0) is 39.1 Å². The summed E-state index contributed by atoms with van der Waals surface area (Å²) >= 11 is 0.943. The van der Waals surface area contributed by atoms with Crippen molar-refractivity contribution < 1.29 is 46.9 Å². The van der Waals surface area contributed by atoms with E-state index in [0.717, 1.165) is 11.3 Å². The molecule has 37 heavy (non-hydrogen) atoms. The second kappa shape index (κ2) is 9.67. The summed E-state index contributed by atoms with van der Waals surface area (Å²) in [7, 11) is -5.08. The number of hydrogen-bond donors (Lipinski definition) is 5. The maximum absolute atomic E-state index is 13.2. The van der Waals surface area contributed by atoms with Gasteiger partial charge in [-0.15, -0.1) is 11.3 Å². The average Bonchev–Trinajstić information content (AvgIpc) is 3.54. The number of ketones is 1. The van der Waals surface area contributed by atoms with Crippen molar-refractivity contribution in [2.75, 3.05) is 12.3 Å². The van der Waals surface area contributed by atoms with E-state index in [1.54, 1.807) is 0 Å². The molecule has 18 heteroatoms. The number of thiazole rings is 1. The van der Waals surface area contributed by atoms with Gasteiger partial charge in [0.05, 0.1) is 12.6 Å². The van der Waals surface area contributed by atoms with Gasteiger partial charge in [0.25, 0.3) is 11.8 Å². The van der Waals surface area contributed by atoms with Crippen LogP contribution in [0.4, 0.5) is 5.13 Å². The highest BCUT2D eigenvalue weighted by Gasteiger charge is 2.56. The van der Waals surface area contributed by atoms with E-state index in [2.05, 4.69) is 20.8 Å². The molecule has 0 bridgehead atoms. The minimum Gasteiger partial charge on any atom is -0.478 e. The fourth-order valence-corrected chi connectivity index (χ4v) is 5.91. The monoisotopic (exact) mass is 558 g/mol. The number of carboxylic acids is 1. The molecule has 16 nitrogen and oxygen atoms in total. The Labute approximate surface area is 213 Å². The number of Topliss-reactive ketones (excluding diaryl/α,β-unsaturated/α-hetero) is 1. The molecule has 200 valence electrons. The van der Waals surface area contributed by atoms with Gasteiger partial charge in [0, 0.05) is 18.2 Å². The summed E-state index contributed by atoms with van der Waals surface area (Å²) in [6.45, 7) is -0.280. The Bertz CT molecular complexity index is 1290. The Kier molecular flexibility index (Phi) is 6.91. The van der Waals surface area contributed by atoms with E-state index in [0.29, 0.717) is 12.8 Å². The third-order valence-corrected chi connectivity index (χ3v) is 8.04. The van der Waals surface area contributed by atoms with Crippen LogP contribution in [0.2, 0.25) is 0 Å². The summed E-state index contributed by atoms with van der Waals surface area (Å²) in [6.07, 6.45) is 0.915. The number of β-lactam (4-membered cyclic amide) rings is 1. The number of nitrogens with two attached hydrogens (primary N) is 1. The van der Waals surface area contributed by atoms with Gasteiger partial charge in [0.15, 0.2) is 16.6 Å². The first-order valence-corrected chi connectivity index (χ1v) is 13.2. The molecule has 6 N–H and O–H groups in total. The molecule has 4 rings (SSSR count). The molecule has 1 unspecified atom stereocenters. The van der Waals surface area contributed by atoms with Crippen molar-refractivity contribution in [2.24, 2.45) is 11.1 Å². The van der Waals surface area contributed by atoms with Gasteiger partial charge in [-0.1, -0.05) is 5.16 Å². The van der Waals surface area contributed by atoms with Crippen LogP contribution < -0.4 is 16.4 Å². The zero-order valence-corrected chi connectivity index (χ0v) is 20.6. The number of carbonyl (C=O) groups excluding carboxylic acids is 4. The number of amides is 3. The molecule has 1 aromatic heterocycles. The molecule has 2 saturated heterocycles. The number of carboxylic acid groups (broad SMARTS) is 1. The lowest BCUT2D eigenvalue weighted by atomic mass is 9.87. The van der Waals surface area contributed by atoms with E-state index in [1.807, 2.05) is 0 Å². The Balaban J connectivity index is 1.61. The van der Waals surface area contributed by atoms with Gasteiger partial charge in [-0.25, -0.2) is 14.1 Å². The van der Waals surface area contributed by atoms with Crippen LogP contribution in [-0.4, -0.2) is 86.8 Å². The highest BCUT2D eigenvalue weighted by atomic mass is 32.2. The minimum absolute atomic E-state index is 0.0465. The molecule has 1 saturated carbocycles. The lowest BCUT2D eigenvalue weighted by molar-refractivity contribution is -0.165. The van der Waals surface area contributed by atoms with Gasteiger partial charge in [-0.05, 0) is 19.3 Å². The molecule has 1 aromatic rings. The van der Waals surface area contributed by atoms with Crippen LogP contribution in [0.5, 0.6) is 0 Å². The second-order valence-corrected chi connectivity index (χ2v) is 10.9. The molecule has 1 aliphatic carbocycles. The van der Waals surface area contributed by atoms with Gasteiger partial charge in [0.1, 0.15) is 17.7 Å². The second-order valence-electron chi connectivity index (χ2n) is 8.71. The van der Waals surface area contributed by atoms with Crippen LogP contribution in [0, 0.1) is 5.92 Å². The molecule has 3 aliphatic rings. The van der Waals surface area contributed by atoms with E-state index < -0.39 is 75.5 Å². The highest BCUT2D eigenvalue weighted by Crippen LogP contribution is 2.34. The molecule has 2 aliphatic heterocycles. The van der Waals surface area contributed by atoms with E-state index in [9.17, 15) is 42.0 Å². The van der Waals surface area contributed by atoms with E-state index in [4.69, 9.17) is 10.6 Å². The number of nitrogen functional groups attached to an aromatic ring is 1. The predicted octanol–water partition coefficient (Wildman–Crippen LogP) is -1.95. The fraction of sp³-hybridized carbons (Fsp3) is 0.526. The standard InChI is InChI=1S/C19H22N6O10S2/c20-18-22-9(7-36-18)12(24-35-19(17(30)31)3-1-2-4-19)15(28)23-13-10(25(16(13)29)37(32,33)34)5-8-11(26)6-21-14(8)27/h7-8,10,13H,1-6H2,(H2,20,22)(H,21,27)(H,23,28)(H,30,31)(H,32,33,34)/b24-12-/t8?,10-,13+/m1/s1. The molecule has 0 spiro atoms. The summed E-state index contributed by atoms with van der Waals surface area (Å²) in [5.74, 6) is -6.12. The van der Waals surface area contributed by atoms with E-state index in [1.165, 1.54) is 5.38 Å². The Morgan fingerprint density at radius 1 is 1.32 bits per heavy atom. The van der Waals surface area contributed by atoms with Crippen LogP contribution in [0.3, 0.4) is 0 Å². The summed E-state index contributed by atoms with van der Waals surface area (Å²) in [6, 6.07) is -3.04. The lowest BCUT2D eigenvalue weighted by Crippen LogP contribution is -2.72. The van der Waals surface area contributed by atoms with Gasteiger partial charge in [-0.3, -0.25) is 23.7 Å². The third-order valence-electron chi connectivity index (χ3n) is 6.42. The highest BCUT2D eigenvalue weighted by molar-refractivity contribution is 7.84. The Morgan fingerprint density at radius 3 is 2.51 bits per heavy atom. The van der Waals surface area contributed by atoms with E-state index >= 15 is 0 Å². The first-order chi connectivity index (χ1) is 17.3. The maximum Gasteiger partial charge on any atom is 0.362 e. The molecule has 0 radical (unpaired) electrons. The van der Waals surface area contributed by atoms with Crippen LogP contribution >= 0.6 is 11.3 Å². The normalized spacial score (nSPS) is 25.5. The zero-order valence-electron chi connectivity index (χ0n) is 18.9. The number of aromatic nitrogens is 1. The molecule has 3 fully saturated rings. The molecular weight excluding hydrogens is 536 g/mol. The van der Waals surface area contributed by atoms with Crippen LogP contribution in [0.1, 0.15) is 37.8 Å². The first kappa shape index (κ1) is 26.4. The summed E-state index contributed by atoms with van der Waals surface area (Å²) in [5.41, 5.74) is 3.34. The molecule has 3 amide bonds. The van der Waals surface area contributed by atoms with Gasteiger partial charge < -0.3 is 26.3 Å². The number of anilines is 1. The number of hydrogen-bond acceptors (Lipinski definition) is 12. The molecule has 3 heterocycles. The third kappa shape index (κ3) is 4.98. The predicted molar refractivity (Wildman–Crippen MR) is 123 cm³/mol. The first-order valence-electron chi connectivity index (χ1n) is 11.0. The van der Waals surface area contributed by atoms with Crippen molar-refractivity contribution in [1.29, 1.82) is 0 Å². The topological polar surface area (TPSA) is 248 Å². The van der Waals surface area contributed by atoms with Gasteiger partial charge in [0.2, 0.25) is 11.5 Å². The lowest BCUT2D eigenvalue weighted by Gasteiger charge is -2.44. The fourth-order valence-electron chi connectivity index (χ4n) is 4.47. The number of nitrogens with zero attached hydrogens (tertiary/aromatic N) is 3. The molecular formula is C19H22N6O10S2. The number of oxime groups is 1. The summed E-state index contributed by atoms with van der Waals surface area (Å²) in [5, 5.41) is 19.3. The van der Waals surface area contributed by atoms with E-state index in [-0.39, 0.29) is 34.5 Å². The van der Waals surface area contributed by atoms with Crippen LogP contribution in [0.25, 0.3) is 0 Å². The minimum atomic E-state index is -5.08. The summed E-state index contributed by atoms with van der Waals surface area (Å²) in [4.78, 5) is 70.8. The summed E-state index contributed by atoms with van der Waals surface area (Å²) < 4.78 is 33.0.